The van der Waals surface area contributed by atoms with Crippen molar-refractivity contribution in [3.05, 3.63) is 83.4 Å². The zero-order valence-corrected chi connectivity index (χ0v) is 14.6. The lowest BCUT2D eigenvalue weighted by Gasteiger charge is -2.19. The van der Waals surface area contributed by atoms with E-state index in [1.165, 1.54) is 12.8 Å². The van der Waals surface area contributed by atoms with Crippen molar-refractivity contribution in [2.24, 2.45) is 0 Å². The highest BCUT2D eigenvalue weighted by Crippen LogP contribution is 2.26. The molecule has 2 nitrogen and oxygen atoms in total. The number of hydrogen-bond acceptors (Lipinski definition) is 2. The molecule has 0 radical (unpaired) electrons. The molecule has 0 aliphatic rings. The van der Waals surface area contributed by atoms with E-state index < -0.39 is 0 Å². The van der Waals surface area contributed by atoms with Gasteiger partial charge >= 0.3 is 5.97 Å². The highest BCUT2D eigenvalue weighted by atomic mass is 16.5. The average molecular weight is 322 g/mol. The molecule has 0 atom stereocenters. The molecule has 0 spiro atoms. The molecule has 0 heterocycles. The number of unbranched alkanes of at least 4 members (excludes halogenated alkanes) is 3. The summed E-state index contributed by atoms with van der Waals surface area (Å²) in [7, 11) is 0. The van der Waals surface area contributed by atoms with E-state index in [9.17, 15) is 4.79 Å². The number of benzene rings is 2. The molecule has 0 aromatic heterocycles. The van der Waals surface area contributed by atoms with Crippen LogP contribution < -0.4 is 0 Å². The molecule has 0 saturated heterocycles. The third-order valence-electron chi connectivity index (χ3n) is 4.01. The van der Waals surface area contributed by atoms with Crippen molar-refractivity contribution in [2.75, 3.05) is 0 Å². The number of rotatable bonds is 8. The van der Waals surface area contributed by atoms with E-state index in [4.69, 9.17) is 4.74 Å². The summed E-state index contributed by atoms with van der Waals surface area (Å²) >= 11 is 0. The summed E-state index contributed by atoms with van der Waals surface area (Å²) in [5, 5.41) is 0. The maximum atomic E-state index is 12.5. The van der Waals surface area contributed by atoms with Crippen LogP contribution in [0.1, 0.15) is 56.8 Å². The quantitative estimate of drug-likeness (QED) is 0.346. The maximum absolute atomic E-state index is 12.5. The monoisotopic (exact) mass is 322 g/mol. The third-order valence-corrected chi connectivity index (χ3v) is 4.01. The Hall–Kier alpha value is -2.35. The summed E-state index contributed by atoms with van der Waals surface area (Å²) in [5.74, 6) is -0.246. The van der Waals surface area contributed by atoms with Crippen LogP contribution in [0.2, 0.25) is 0 Å². The van der Waals surface area contributed by atoms with Gasteiger partial charge in [0.05, 0.1) is 0 Å². The molecule has 0 aliphatic carbocycles. The van der Waals surface area contributed by atoms with Crippen LogP contribution in [0.25, 0.3) is 0 Å². The Morgan fingerprint density at radius 1 is 0.958 bits per heavy atom. The van der Waals surface area contributed by atoms with Crippen molar-refractivity contribution in [3.8, 4) is 0 Å². The minimum atomic E-state index is -0.376. The second kappa shape index (κ2) is 9.71. The smallest absolute Gasteiger partial charge is 0.334 e. The standard InChI is InChI=1S/C22H26O2/c1-3-4-5-8-13-18(2)22(23)24-21(19-14-9-6-10-15-19)20-16-11-7-12-17-20/h6-7,9-17,21H,3-5,8H2,1-2H3. The predicted molar refractivity (Wildman–Crippen MR) is 98.7 cm³/mol. The van der Waals surface area contributed by atoms with Gasteiger partial charge in [-0.2, -0.15) is 0 Å². The molecular weight excluding hydrogens is 296 g/mol. The van der Waals surface area contributed by atoms with E-state index in [1.807, 2.05) is 73.7 Å². The Balaban J connectivity index is 2.13. The fourth-order valence-corrected chi connectivity index (χ4v) is 2.58. The Bertz CT molecular complexity index is 605. The fourth-order valence-electron chi connectivity index (χ4n) is 2.58. The van der Waals surface area contributed by atoms with Gasteiger partial charge in [-0.15, -0.1) is 0 Å². The van der Waals surface area contributed by atoms with E-state index >= 15 is 0 Å². The summed E-state index contributed by atoms with van der Waals surface area (Å²) in [6, 6.07) is 19.8. The van der Waals surface area contributed by atoms with Crippen molar-refractivity contribution >= 4 is 5.97 Å². The molecule has 0 fully saturated rings. The molecule has 0 saturated carbocycles. The highest BCUT2D eigenvalue weighted by Gasteiger charge is 2.19. The Labute approximate surface area is 145 Å². The second-order valence-corrected chi connectivity index (χ2v) is 5.99. The lowest BCUT2D eigenvalue weighted by atomic mass is 10.0. The molecule has 24 heavy (non-hydrogen) atoms. The number of carbonyl (C=O) groups excluding carboxylic acids is 1. The van der Waals surface area contributed by atoms with Crippen LogP contribution in [0, 0.1) is 0 Å². The van der Waals surface area contributed by atoms with Gasteiger partial charge < -0.3 is 4.74 Å². The molecule has 0 bridgehead atoms. The average Bonchev–Trinajstić information content (AvgIpc) is 2.64. The molecule has 0 aliphatic heterocycles. The van der Waals surface area contributed by atoms with Gasteiger partial charge in [-0.3, -0.25) is 0 Å². The summed E-state index contributed by atoms with van der Waals surface area (Å²) < 4.78 is 5.83. The second-order valence-electron chi connectivity index (χ2n) is 5.99. The molecule has 2 aromatic carbocycles. The van der Waals surface area contributed by atoms with Crippen LogP contribution in [0.15, 0.2) is 72.3 Å². The molecule has 0 unspecified atom stereocenters. The van der Waals surface area contributed by atoms with Crippen LogP contribution >= 0.6 is 0 Å². The largest absolute Gasteiger partial charge is 0.449 e. The minimum Gasteiger partial charge on any atom is -0.449 e. The van der Waals surface area contributed by atoms with Crippen LogP contribution in [0.5, 0.6) is 0 Å². The number of allylic oxidation sites excluding steroid dienone is 1. The third kappa shape index (κ3) is 5.38. The van der Waals surface area contributed by atoms with Crippen LogP contribution in [0.3, 0.4) is 0 Å². The maximum Gasteiger partial charge on any atom is 0.334 e. The van der Waals surface area contributed by atoms with Crippen molar-refractivity contribution in [1.29, 1.82) is 0 Å². The van der Waals surface area contributed by atoms with Crippen LogP contribution in [0.4, 0.5) is 0 Å². The highest BCUT2D eigenvalue weighted by molar-refractivity contribution is 5.88. The van der Waals surface area contributed by atoms with Crippen LogP contribution in [-0.2, 0) is 9.53 Å². The Morgan fingerprint density at radius 2 is 1.50 bits per heavy atom. The van der Waals surface area contributed by atoms with Gasteiger partial charge in [-0.1, -0.05) is 86.5 Å². The SMILES string of the molecule is CCCCCC=C(C)C(=O)OC(c1ccccc1)c1ccccc1. The number of hydrogen-bond donors (Lipinski definition) is 0. The Kier molecular flexibility index (Phi) is 7.28. The van der Waals surface area contributed by atoms with Gasteiger partial charge in [0.2, 0.25) is 0 Å². The summed E-state index contributed by atoms with van der Waals surface area (Å²) in [6.45, 7) is 4.01. The van der Waals surface area contributed by atoms with E-state index in [0.717, 1.165) is 24.0 Å². The van der Waals surface area contributed by atoms with E-state index in [-0.39, 0.29) is 12.1 Å². The van der Waals surface area contributed by atoms with Gasteiger partial charge in [0, 0.05) is 5.57 Å². The van der Waals surface area contributed by atoms with Gasteiger partial charge in [0.25, 0.3) is 0 Å². The zero-order chi connectivity index (χ0) is 17.2. The molecule has 0 amide bonds. The van der Waals surface area contributed by atoms with Crippen molar-refractivity contribution in [1.82, 2.24) is 0 Å². The molecule has 126 valence electrons. The van der Waals surface area contributed by atoms with E-state index in [0.29, 0.717) is 5.57 Å². The number of carbonyl (C=O) groups is 1. The van der Waals surface area contributed by atoms with Crippen LogP contribution in [-0.4, -0.2) is 5.97 Å². The van der Waals surface area contributed by atoms with Crippen molar-refractivity contribution < 1.29 is 9.53 Å². The van der Waals surface area contributed by atoms with Gasteiger partial charge in [-0.05, 0) is 30.9 Å². The first kappa shape index (κ1) is 18.0. The van der Waals surface area contributed by atoms with Gasteiger partial charge in [0.1, 0.15) is 0 Å². The number of ether oxygens (including phenoxy) is 1. The number of esters is 1. The molecule has 0 N–H and O–H groups in total. The van der Waals surface area contributed by atoms with Crippen molar-refractivity contribution in [3.63, 3.8) is 0 Å². The Morgan fingerprint density at radius 3 is 2.00 bits per heavy atom. The molecule has 2 heteroatoms. The summed E-state index contributed by atoms with van der Waals surface area (Å²) in [6.07, 6.45) is 6.03. The first-order valence-electron chi connectivity index (χ1n) is 8.70. The first-order valence-corrected chi connectivity index (χ1v) is 8.70. The lowest BCUT2D eigenvalue weighted by molar-refractivity contribution is -0.142. The fraction of sp³-hybridized carbons (Fsp3) is 0.318. The zero-order valence-electron chi connectivity index (χ0n) is 14.6. The van der Waals surface area contributed by atoms with E-state index in [2.05, 4.69) is 6.92 Å². The van der Waals surface area contributed by atoms with Crippen molar-refractivity contribution in [2.45, 2.75) is 45.6 Å². The first-order chi connectivity index (χ1) is 11.7. The normalized spacial score (nSPS) is 11.5. The molecule has 2 aromatic rings. The molecule has 2 rings (SSSR count). The summed E-state index contributed by atoms with van der Waals surface area (Å²) in [5.41, 5.74) is 2.65. The summed E-state index contributed by atoms with van der Waals surface area (Å²) in [4.78, 5) is 12.5. The molecular formula is C22H26O2. The minimum absolute atomic E-state index is 0.246. The predicted octanol–water partition coefficient (Wildman–Crippen LogP) is 5.85. The van der Waals surface area contributed by atoms with Gasteiger partial charge in [-0.25, -0.2) is 4.79 Å². The lowest BCUT2D eigenvalue weighted by Crippen LogP contribution is -2.13. The van der Waals surface area contributed by atoms with Gasteiger partial charge in [0.15, 0.2) is 6.10 Å². The van der Waals surface area contributed by atoms with E-state index in [1.54, 1.807) is 0 Å². The topological polar surface area (TPSA) is 26.3 Å².